The van der Waals surface area contributed by atoms with E-state index in [1.54, 1.807) is 24.4 Å². The summed E-state index contributed by atoms with van der Waals surface area (Å²) >= 11 is 0. The second-order valence-corrected chi connectivity index (χ2v) is 9.06. The van der Waals surface area contributed by atoms with Crippen LogP contribution in [0.25, 0.3) is 22.0 Å². The van der Waals surface area contributed by atoms with Crippen molar-refractivity contribution in [1.29, 1.82) is 0 Å². The summed E-state index contributed by atoms with van der Waals surface area (Å²) in [6, 6.07) is 29.3. The third kappa shape index (κ3) is 7.75. The third-order valence-electron chi connectivity index (χ3n) is 5.45. The van der Waals surface area contributed by atoms with Gasteiger partial charge in [0.25, 0.3) is 0 Å². The number of ether oxygens (including phenoxy) is 2. The van der Waals surface area contributed by atoms with Crippen molar-refractivity contribution in [3.8, 4) is 28.8 Å². The Balaban J connectivity index is 0.00000172. The summed E-state index contributed by atoms with van der Waals surface area (Å²) < 4.78 is 50.8. The molecule has 200 valence electrons. The topological polar surface area (TPSA) is 87.6 Å². The van der Waals surface area contributed by atoms with Crippen LogP contribution in [0.4, 0.5) is 3.89 Å². The Hall–Kier alpha value is -4.50. The van der Waals surface area contributed by atoms with E-state index in [9.17, 15) is 12.3 Å². The van der Waals surface area contributed by atoms with Gasteiger partial charge in [0.15, 0.2) is 0 Å². The molecule has 0 saturated heterocycles. The van der Waals surface area contributed by atoms with Crippen LogP contribution in [0.1, 0.15) is 25.0 Å². The molecule has 0 spiro atoms. The van der Waals surface area contributed by atoms with Gasteiger partial charge in [-0.05, 0) is 40.8 Å². The van der Waals surface area contributed by atoms with E-state index in [0.29, 0.717) is 41.6 Å². The fourth-order valence-corrected chi connectivity index (χ4v) is 4.03. The standard InChI is InChI=1S/C28H21FN2O5S.C2H6/c29-37(32,33)36-24-12-11-22-16-26(30-17-23(22)15-24)25-13-14-27(34-18-20-7-3-1-4-8-20)31-28(25)35-19-21-9-5-2-6-10-21;1-2/h1-17H,18-19H2;1-2H3. The van der Waals surface area contributed by atoms with E-state index in [1.165, 1.54) is 12.1 Å². The van der Waals surface area contributed by atoms with Crippen molar-refractivity contribution in [2.45, 2.75) is 27.1 Å². The highest BCUT2D eigenvalue weighted by atomic mass is 32.3. The van der Waals surface area contributed by atoms with Crippen LogP contribution in [0.3, 0.4) is 0 Å². The number of fused-ring (bicyclic) bond motifs is 1. The zero-order valence-corrected chi connectivity index (χ0v) is 22.3. The number of hydrogen-bond donors (Lipinski definition) is 0. The molecule has 0 amide bonds. The van der Waals surface area contributed by atoms with Crippen molar-refractivity contribution in [3.05, 3.63) is 114 Å². The van der Waals surface area contributed by atoms with Crippen LogP contribution in [0, 0.1) is 0 Å². The maximum atomic E-state index is 12.9. The molecule has 0 aliphatic carbocycles. The number of halogens is 1. The molecule has 2 heterocycles. The summed E-state index contributed by atoms with van der Waals surface area (Å²) in [5, 5.41) is 1.32. The summed E-state index contributed by atoms with van der Waals surface area (Å²) in [4.78, 5) is 9.09. The van der Waals surface area contributed by atoms with Gasteiger partial charge in [-0.2, -0.15) is 13.4 Å². The predicted molar refractivity (Wildman–Crippen MR) is 149 cm³/mol. The van der Waals surface area contributed by atoms with Gasteiger partial charge in [-0.1, -0.05) is 84.5 Å². The molecule has 5 rings (SSSR count). The molecule has 0 fully saturated rings. The summed E-state index contributed by atoms with van der Waals surface area (Å²) in [5.41, 5.74) is 3.23. The summed E-state index contributed by atoms with van der Waals surface area (Å²) in [7, 11) is -5.12. The van der Waals surface area contributed by atoms with Gasteiger partial charge < -0.3 is 13.7 Å². The molecular formula is C30H27FN2O5S. The lowest BCUT2D eigenvalue weighted by Crippen LogP contribution is -2.03. The number of rotatable bonds is 9. The van der Waals surface area contributed by atoms with Crippen LogP contribution in [-0.4, -0.2) is 18.4 Å². The van der Waals surface area contributed by atoms with E-state index in [4.69, 9.17) is 9.47 Å². The first-order valence-corrected chi connectivity index (χ1v) is 13.6. The van der Waals surface area contributed by atoms with E-state index in [1.807, 2.05) is 80.6 Å². The molecule has 0 N–H and O–H groups in total. The number of nitrogens with zero attached hydrogens (tertiary/aromatic N) is 2. The van der Waals surface area contributed by atoms with Crippen LogP contribution in [0.5, 0.6) is 17.5 Å². The molecule has 7 nitrogen and oxygen atoms in total. The fraction of sp³-hybridized carbons (Fsp3) is 0.133. The predicted octanol–water partition coefficient (Wildman–Crippen LogP) is 7.07. The Kier molecular flexibility index (Phi) is 9.06. The smallest absolute Gasteiger partial charge is 0.473 e. The second kappa shape index (κ2) is 12.8. The summed E-state index contributed by atoms with van der Waals surface area (Å²) in [6.45, 7) is 4.66. The number of pyridine rings is 2. The molecule has 2 aromatic heterocycles. The van der Waals surface area contributed by atoms with Crippen molar-refractivity contribution < 1.29 is 26.0 Å². The first-order chi connectivity index (χ1) is 18.9. The minimum absolute atomic E-state index is 0.141. The van der Waals surface area contributed by atoms with Crippen LogP contribution in [0.15, 0.2) is 103 Å². The van der Waals surface area contributed by atoms with Crippen LogP contribution in [-0.2, 0) is 23.7 Å². The van der Waals surface area contributed by atoms with Crippen molar-refractivity contribution in [2.24, 2.45) is 0 Å². The molecule has 0 unspecified atom stereocenters. The molecule has 0 aliphatic rings. The van der Waals surface area contributed by atoms with Gasteiger partial charge in [-0.3, -0.25) is 4.98 Å². The van der Waals surface area contributed by atoms with Crippen LogP contribution >= 0.6 is 0 Å². The van der Waals surface area contributed by atoms with Gasteiger partial charge in [-0.15, -0.1) is 0 Å². The first kappa shape index (κ1) is 27.5. The van der Waals surface area contributed by atoms with Gasteiger partial charge >= 0.3 is 10.5 Å². The lowest BCUT2D eigenvalue weighted by Gasteiger charge is -2.13. The maximum Gasteiger partial charge on any atom is 0.488 e. The Morgan fingerprint density at radius 3 is 2.03 bits per heavy atom. The van der Waals surface area contributed by atoms with Crippen LogP contribution < -0.4 is 13.7 Å². The van der Waals surface area contributed by atoms with Crippen molar-refractivity contribution in [2.75, 3.05) is 0 Å². The lowest BCUT2D eigenvalue weighted by molar-refractivity contribution is 0.268. The maximum absolute atomic E-state index is 12.9. The Labute approximate surface area is 227 Å². The normalized spacial score (nSPS) is 10.8. The molecule has 5 aromatic rings. The average molecular weight is 547 g/mol. The molecule has 39 heavy (non-hydrogen) atoms. The molecule has 0 aliphatic heterocycles. The molecule has 3 aromatic carbocycles. The van der Waals surface area contributed by atoms with E-state index < -0.39 is 10.5 Å². The third-order valence-corrected chi connectivity index (χ3v) is 5.84. The van der Waals surface area contributed by atoms with Crippen molar-refractivity contribution in [1.82, 2.24) is 9.97 Å². The fourth-order valence-electron chi connectivity index (χ4n) is 3.70. The highest BCUT2D eigenvalue weighted by molar-refractivity contribution is 7.81. The average Bonchev–Trinajstić information content (AvgIpc) is 2.96. The number of hydrogen-bond acceptors (Lipinski definition) is 7. The monoisotopic (exact) mass is 546 g/mol. The van der Waals surface area contributed by atoms with Gasteiger partial charge in [-0.25, -0.2) is 0 Å². The minimum Gasteiger partial charge on any atom is -0.473 e. The van der Waals surface area contributed by atoms with E-state index in [2.05, 4.69) is 14.2 Å². The summed E-state index contributed by atoms with van der Waals surface area (Å²) in [6.07, 6.45) is 1.54. The molecule has 0 atom stereocenters. The Morgan fingerprint density at radius 1 is 0.744 bits per heavy atom. The van der Waals surface area contributed by atoms with Gasteiger partial charge in [0, 0.05) is 17.6 Å². The number of aromatic nitrogens is 2. The SMILES string of the molecule is CC.O=S(=O)(F)Oc1ccc2cc(-c3ccc(OCc4ccccc4)nc3OCc3ccccc3)ncc2c1. The molecule has 9 heteroatoms. The zero-order chi connectivity index (χ0) is 27.7. The van der Waals surface area contributed by atoms with Crippen molar-refractivity contribution in [3.63, 3.8) is 0 Å². The van der Waals surface area contributed by atoms with Gasteiger partial charge in [0.2, 0.25) is 11.8 Å². The van der Waals surface area contributed by atoms with E-state index in [-0.39, 0.29) is 5.75 Å². The van der Waals surface area contributed by atoms with E-state index in [0.717, 1.165) is 16.5 Å². The molecule has 0 radical (unpaired) electrons. The van der Waals surface area contributed by atoms with E-state index >= 15 is 0 Å². The minimum atomic E-state index is -5.12. The first-order valence-electron chi connectivity index (χ1n) is 12.3. The zero-order valence-electron chi connectivity index (χ0n) is 21.5. The highest BCUT2D eigenvalue weighted by Gasteiger charge is 2.15. The van der Waals surface area contributed by atoms with Gasteiger partial charge in [0.1, 0.15) is 19.0 Å². The van der Waals surface area contributed by atoms with Gasteiger partial charge in [0.05, 0.1) is 11.3 Å². The highest BCUT2D eigenvalue weighted by Crippen LogP contribution is 2.32. The molecular weight excluding hydrogens is 519 g/mol. The Morgan fingerprint density at radius 2 is 1.38 bits per heavy atom. The Bertz CT molecular complexity index is 1630. The molecule has 0 bridgehead atoms. The lowest BCUT2D eigenvalue weighted by atomic mass is 10.1. The molecule has 0 saturated carbocycles. The van der Waals surface area contributed by atoms with Crippen molar-refractivity contribution >= 4 is 21.3 Å². The number of benzene rings is 3. The quantitative estimate of drug-likeness (QED) is 0.183. The van der Waals surface area contributed by atoms with Crippen LogP contribution in [0.2, 0.25) is 0 Å². The summed E-state index contributed by atoms with van der Waals surface area (Å²) in [5.74, 6) is 0.619. The largest absolute Gasteiger partial charge is 0.488 e. The second-order valence-electron chi connectivity index (χ2n) is 8.11.